The van der Waals surface area contributed by atoms with Gasteiger partial charge in [-0.3, -0.25) is 9.88 Å². The van der Waals surface area contributed by atoms with Crippen LogP contribution in [0.2, 0.25) is 0 Å². The summed E-state index contributed by atoms with van der Waals surface area (Å²) in [5, 5.41) is 0. The first kappa shape index (κ1) is 9.96. The minimum Gasteiger partial charge on any atom is -0.453 e. The Morgan fingerprint density at radius 1 is 1.60 bits per heavy atom. The fourth-order valence-electron chi connectivity index (χ4n) is 1.98. The molecule has 1 fully saturated rings. The smallest absolute Gasteiger partial charge is 0.410 e. The van der Waals surface area contributed by atoms with Crippen LogP contribution in [-0.2, 0) is 4.74 Å². The second kappa shape index (κ2) is 4.29. The van der Waals surface area contributed by atoms with Gasteiger partial charge in [-0.25, -0.2) is 4.79 Å². The Labute approximate surface area is 88.9 Å². The first-order chi connectivity index (χ1) is 7.33. The number of likely N-dealkylation sites (tertiary alicyclic amines) is 1. The lowest BCUT2D eigenvalue weighted by Gasteiger charge is -2.22. The van der Waals surface area contributed by atoms with E-state index in [1.807, 2.05) is 18.2 Å². The van der Waals surface area contributed by atoms with Crippen LogP contribution in [0.25, 0.3) is 0 Å². The third-order valence-corrected chi connectivity index (χ3v) is 2.69. The van der Waals surface area contributed by atoms with E-state index in [0.717, 1.165) is 25.1 Å². The Morgan fingerprint density at radius 2 is 2.47 bits per heavy atom. The monoisotopic (exact) mass is 206 g/mol. The maximum absolute atomic E-state index is 11.5. The Hall–Kier alpha value is -1.58. The molecule has 15 heavy (non-hydrogen) atoms. The maximum atomic E-state index is 11.5. The molecule has 1 aromatic heterocycles. The molecule has 0 radical (unpaired) electrons. The van der Waals surface area contributed by atoms with E-state index < -0.39 is 0 Å². The number of hydrogen-bond acceptors (Lipinski definition) is 3. The van der Waals surface area contributed by atoms with Crippen molar-refractivity contribution in [3.63, 3.8) is 0 Å². The predicted molar refractivity (Wildman–Crippen MR) is 55.3 cm³/mol. The lowest BCUT2D eigenvalue weighted by Crippen LogP contribution is -2.30. The molecule has 0 bridgehead atoms. The van der Waals surface area contributed by atoms with Crippen molar-refractivity contribution in [1.29, 1.82) is 0 Å². The average Bonchev–Trinajstić information content (AvgIpc) is 2.78. The highest BCUT2D eigenvalue weighted by molar-refractivity contribution is 5.68. The van der Waals surface area contributed by atoms with Crippen LogP contribution < -0.4 is 0 Å². The summed E-state index contributed by atoms with van der Waals surface area (Å²) in [5.74, 6) is 0. The zero-order valence-electron chi connectivity index (χ0n) is 8.72. The van der Waals surface area contributed by atoms with Gasteiger partial charge in [0.15, 0.2) is 0 Å². The Kier molecular flexibility index (Phi) is 2.85. The molecule has 0 spiro atoms. The molecule has 0 aromatic carbocycles. The van der Waals surface area contributed by atoms with Gasteiger partial charge in [-0.15, -0.1) is 0 Å². The minimum absolute atomic E-state index is 0.0821. The van der Waals surface area contributed by atoms with Crippen molar-refractivity contribution in [2.24, 2.45) is 0 Å². The standard InChI is InChI=1S/C11H14N2O2/c1-15-11(14)13-8-4-6-10(13)9-5-2-3-7-12-9/h2-3,5,7,10H,4,6,8H2,1H3. The van der Waals surface area contributed by atoms with Crippen molar-refractivity contribution in [2.45, 2.75) is 18.9 Å². The van der Waals surface area contributed by atoms with E-state index >= 15 is 0 Å². The molecular formula is C11H14N2O2. The zero-order chi connectivity index (χ0) is 10.7. The van der Waals surface area contributed by atoms with E-state index in [-0.39, 0.29) is 12.1 Å². The van der Waals surface area contributed by atoms with Gasteiger partial charge in [0.25, 0.3) is 0 Å². The molecule has 4 heteroatoms. The fraction of sp³-hybridized carbons (Fsp3) is 0.455. The first-order valence-electron chi connectivity index (χ1n) is 5.08. The summed E-state index contributed by atoms with van der Waals surface area (Å²) in [5.41, 5.74) is 0.945. The molecule has 1 aliphatic heterocycles. The molecule has 0 saturated carbocycles. The molecule has 2 heterocycles. The van der Waals surface area contributed by atoms with Gasteiger partial charge in [0.2, 0.25) is 0 Å². The van der Waals surface area contributed by atoms with Crippen LogP contribution >= 0.6 is 0 Å². The molecule has 1 aromatic rings. The first-order valence-corrected chi connectivity index (χ1v) is 5.08. The van der Waals surface area contributed by atoms with Gasteiger partial charge < -0.3 is 4.74 Å². The van der Waals surface area contributed by atoms with Crippen LogP contribution in [0.15, 0.2) is 24.4 Å². The topological polar surface area (TPSA) is 42.4 Å². The van der Waals surface area contributed by atoms with Crippen LogP contribution in [0.5, 0.6) is 0 Å². The van der Waals surface area contributed by atoms with Gasteiger partial charge in [0, 0.05) is 12.7 Å². The van der Waals surface area contributed by atoms with Gasteiger partial charge in [0.1, 0.15) is 0 Å². The normalized spacial score (nSPS) is 20.3. The molecule has 80 valence electrons. The summed E-state index contributed by atoms with van der Waals surface area (Å²) in [6.07, 6.45) is 3.47. The highest BCUT2D eigenvalue weighted by Crippen LogP contribution is 2.30. The van der Waals surface area contributed by atoms with Gasteiger partial charge in [-0.05, 0) is 25.0 Å². The zero-order valence-corrected chi connectivity index (χ0v) is 8.72. The number of carbonyl (C=O) groups is 1. The third kappa shape index (κ3) is 1.93. The van der Waals surface area contributed by atoms with E-state index in [4.69, 9.17) is 4.74 Å². The lowest BCUT2D eigenvalue weighted by atomic mass is 10.1. The van der Waals surface area contributed by atoms with Crippen LogP contribution in [0.3, 0.4) is 0 Å². The van der Waals surface area contributed by atoms with E-state index in [9.17, 15) is 4.79 Å². The third-order valence-electron chi connectivity index (χ3n) is 2.69. The van der Waals surface area contributed by atoms with Gasteiger partial charge in [-0.1, -0.05) is 6.07 Å². The average molecular weight is 206 g/mol. The van der Waals surface area contributed by atoms with Gasteiger partial charge in [0.05, 0.1) is 18.8 Å². The predicted octanol–water partition coefficient (Wildman–Crippen LogP) is 1.98. The lowest BCUT2D eigenvalue weighted by molar-refractivity contribution is 0.118. The van der Waals surface area contributed by atoms with Crippen molar-refractivity contribution in [3.05, 3.63) is 30.1 Å². The van der Waals surface area contributed by atoms with Crippen molar-refractivity contribution >= 4 is 6.09 Å². The second-order valence-corrected chi connectivity index (χ2v) is 3.58. The summed E-state index contributed by atoms with van der Waals surface area (Å²) < 4.78 is 4.75. The number of pyridine rings is 1. The van der Waals surface area contributed by atoms with Crippen LogP contribution in [-0.4, -0.2) is 29.6 Å². The van der Waals surface area contributed by atoms with Crippen molar-refractivity contribution in [2.75, 3.05) is 13.7 Å². The molecule has 0 aliphatic carbocycles. The van der Waals surface area contributed by atoms with Crippen LogP contribution in [0.1, 0.15) is 24.6 Å². The Bertz CT molecular complexity index is 340. The largest absolute Gasteiger partial charge is 0.453 e. The van der Waals surface area contributed by atoms with Gasteiger partial charge in [-0.2, -0.15) is 0 Å². The van der Waals surface area contributed by atoms with Crippen molar-refractivity contribution in [3.8, 4) is 0 Å². The molecule has 1 atom stereocenters. The highest BCUT2D eigenvalue weighted by atomic mass is 16.5. The Morgan fingerprint density at radius 3 is 3.13 bits per heavy atom. The number of rotatable bonds is 1. The number of carbonyl (C=O) groups excluding carboxylic acids is 1. The molecular weight excluding hydrogens is 192 g/mol. The summed E-state index contributed by atoms with van der Waals surface area (Å²) in [4.78, 5) is 17.5. The molecule has 1 aliphatic rings. The van der Waals surface area contributed by atoms with E-state index in [1.54, 1.807) is 11.1 Å². The van der Waals surface area contributed by atoms with Gasteiger partial charge >= 0.3 is 6.09 Å². The number of amides is 1. The minimum atomic E-state index is -0.261. The number of aromatic nitrogens is 1. The highest BCUT2D eigenvalue weighted by Gasteiger charge is 2.31. The molecule has 0 N–H and O–H groups in total. The summed E-state index contributed by atoms with van der Waals surface area (Å²) in [6.45, 7) is 0.758. The number of hydrogen-bond donors (Lipinski definition) is 0. The second-order valence-electron chi connectivity index (χ2n) is 3.58. The van der Waals surface area contributed by atoms with Crippen molar-refractivity contribution in [1.82, 2.24) is 9.88 Å². The summed E-state index contributed by atoms with van der Waals surface area (Å²) in [7, 11) is 1.41. The summed E-state index contributed by atoms with van der Waals surface area (Å²) >= 11 is 0. The number of nitrogens with zero attached hydrogens (tertiary/aromatic N) is 2. The molecule has 1 amide bonds. The van der Waals surface area contributed by atoms with Crippen LogP contribution in [0, 0.1) is 0 Å². The van der Waals surface area contributed by atoms with Crippen LogP contribution in [0.4, 0.5) is 4.79 Å². The molecule has 2 rings (SSSR count). The number of ether oxygens (including phenoxy) is 1. The maximum Gasteiger partial charge on any atom is 0.410 e. The van der Waals surface area contributed by atoms with E-state index in [1.165, 1.54) is 7.11 Å². The van der Waals surface area contributed by atoms with E-state index in [2.05, 4.69) is 4.98 Å². The quantitative estimate of drug-likeness (QED) is 0.705. The Balaban J connectivity index is 2.18. The summed E-state index contributed by atoms with van der Waals surface area (Å²) in [6, 6.07) is 5.85. The fourth-order valence-corrected chi connectivity index (χ4v) is 1.98. The number of methoxy groups -OCH3 is 1. The van der Waals surface area contributed by atoms with E-state index in [0.29, 0.717) is 0 Å². The molecule has 4 nitrogen and oxygen atoms in total. The SMILES string of the molecule is COC(=O)N1CCCC1c1ccccn1. The van der Waals surface area contributed by atoms with Crippen molar-refractivity contribution < 1.29 is 9.53 Å². The molecule has 1 saturated heterocycles. The molecule has 1 unspecified atom stereocenters.